The minimum atomic E-state index is -4.53. The van der Waals surface area contributed by atoms with E-state index in [1.54, 1.807) is 24.0 Å². The van der Waals surface area contributed by atoms with Gasteiger partial charge in [0.05, 0.1) is 54.7 Å². The van der Waals surface area contributed by atoms with Crippen LogP contribution in [0.5, 0.6) is 11.6 Å². The average molecular weight is 702 g/mol. The van der Waals surface area contributed by atoms with Crippen LogP contribution in [0.15, 0.2) is 65.7 Å². The Hall–Kier alpha value is -4.75. The van der Waals surface area contributed by atoms with Crippen molar-refractivity contribution in [2.45, 2.75) is 17.4 Å². The fourth-order valence-electron chi connectivity index (χ4n) is 7.44. The van der Waals surface area contributed by atoms with Crippen molar-refractivity contribution in [2.24, 2.45) is 5.41 Å². The first kappa shape index (κ1) is 33.7. The van der Waals surface area contributed by atoms with E-state index in [2.05, 4.69) is 26.2 Å². The van der Waals surface area contributed by atoms with Crippen LogP contribution in [0.3, 0.4) is 0 Å². The molecule has 50 heavy (non-hydrogen) atoms. The molecule has 7 rings (SSSR count). The molecule has 0 unspecified atom stereocenters. The smallest absolute Gasteiger partial charge is 0.318 e. The number of pyridine rings is 1. The Balaban J connectivity index is 1.21. The van der Waals surface area contributed by atoms with Crippen LogP contribution in [0.25, 0.3) is 0 Å². The number of nitrogens with zero attached hydrogens (tertiary/aromatic N) is 6. The number of methoxy groups -OCH3 is 1. The summed E-state index contributed by atoms with van der Waals surface area (Å²) >= 11 is 0. The summed E-state index contributed by atoms with van der Waals surface area (Å²) in [7, 11) is -3.06. The number of hydrogen-bond acceptors (Lipinski definition) is 11. The molecule has 1 atom stereocenters. The van der Waals surface area contributed by atoms with Crippen molar-refractivity contribution in [2.75, 3.05) is 83.6 Å². The van der Waals surface area contributed by atoms with Gasteiger partial charge in [0.15, 0.2) is 5.54 Å². The summed E-state index contributed by atoms with van der Waals surface area (Å²) in [6.45, 7) is 9.97. The number of fused-ring (bicyclic) bond motifs is 1. The maximum atomic E-state index is 15.0. The second-order valence-electron chi connectivity index (χ2n) is 13.1. The Morgan fingerprint density at radius 1 is 1.02 bits per heavy atom. The first-order valence-electron chi connectivity index (χ1n) is 16.6. The summed E-state index contributed by atoms with van der Waals surface area (Å²) in [6, 6.07) is 14.7. The SMILES string of the molecule is CCOc1ncccc1[C@@]1(NC(=O)N2CC3(CN(CCN4CCOCC4)C3)C2)C(=O)N(S(=O)(=O)c2ccc(OC)cc2)c2ccc(C#N)cc21. The lowest BCUT2D eigenvalue weighted by molar-refractivity contribution is -0.122. The van der Waals surface area contributed by atoms with Crippen LogP contribution < -0.4 is 19.1 Å². The van der Waals surface area contributed by atoms with Gasteiger partial charge in [0.1, 0.15) is 5.75 Å². The molecule has 3 saturated heterocycles. The summed E-state index contributed by atoms with van der Waals surface area (Å²) in [4.78, 5) is 39.8. The lowest BCUT2D eigenvalue weighted by Crippen LogP contribution is -2.74. The molecule has 0 aliphatic carbocycles. The van der Waals surface area contributed by atoms with E-state index in [9.17, 15) is 23.3 Å². The second-order valence-corrected chi connectivity index (χ2v) is 14.9. The molecule has 2 aromatic carbocycles. The van der Waals surface area contributed by atoms with Crippen LogP contribution in [-0.4, -0.2) is 119 Å². The van der Waals surface area contributed by atoms with Gasteiger partial charge < -0.3 is 29.3 Å². The Labute approximate surface area is 291 Å². The zero-order valence-electron chi connectivity index (χ0n) is 28.0. The third-order valence-corrected chi connectivity index (χ3v) is 11.6. The Bertz CT molecular complexity index is 1930. The number of anilines is 1. The molecule has 3 amide bonds. The van der Waals surface area contributed by atoms with Crippen LogP contribution in [-0.2, 0) is 25.1 Å². The Morgan fingerprint density at radius 2 is 1.74 bits per heavy atom. The van der Waals surface area contributed by atoms with Gasteiger partial charge in [0.2, 0.25) is 5.88 Å². The summed E-state index contributed by atoms with van der Waals surface area (Å²) in [6.07, 6.45) is 1.49. The van der Waals surface area contributed by atoms with E-state index in [1.807, 2.05) is 0 Å². The summed E-state index contributed by atoms with van der Waals surface area (Å²) in [5, 5.41) is 12.8. The van der Waals surface area contributed by atoms with Crippen LogP contribution >= 0.6 is 0 Å². The van der Waals surface area contributed by atoms with Gasteiger partial charge in [-0.3, -0.25) is 9.69 Å². The van der Waals surface area contributed by atoms with E-state index in [0.29, 0.717) is 23.1 Å². The molecule has 1 N–H and O–H groups in total. The predicted octanol–water partition coefficient (Wildman–Crippen LogP) is 2.00. The highest BCUT2D eigenvalue weighted by Gasteiger charge is 2.60. The highest BCUT2D eigenvalue weighted by molar-refractivity contribution is 7.93. The highest BCUT2D eigenvalue weighted by Crippen LogP contribution is 2.50. The standard InChI is InChI=1S/C35H39N7O7S/c1-3-49-31-28(5-4-12-37-31)35(38-33(44)41-23-34(24-41)21-40(22-34)14-13-39-15-17-48-18-16-39)29-19-25(20-36)6-11-30(29)42(32(35)43)50(45,46)27-9-7-26(47-2)8-10-27/h4-12,19H,3,13-18,21-24H2,1-2H3,(H,38,44)/t35-/m0/s1. The van der Waals surface area contributed by atoms with Gasteiger partial charge in [-0.25, -0.2) is 18.2 Å². The highest BCUT2D eigenvalue weighted by atomic mass is 32.2. The van der Waals surface area contributed by atoms with Crippen LogP contribution in [0.1, 0.15) is 23.6 Å². The number of carbonyl (C=O) groups is 2. The molecule has 1 aromatic heterocycles. The molecule has 4 aliphatic heterocycles. The van der Waals surface area contributed by atoms with E-state index >= 15 is 0 Å². The maximum Gasteiger partial charge on any atom is 0.318 e. The number of nitriles is 1. The van der Waals surface area contributed by atoms with E-state index < -0.39 is 27.5 Å². The molecule has 14 nitrogen and oxygen atoms in total. The van der Waals surface area contributed by atoms with Crippen LogP contribution in [0.2, 0.25) is 0 Å². The first-order valence-corrected chi connectivity index (χ1v) is 18.0. The molecular formula is C35H39N7O7S. The number of likely N-dealkylation sites (tertiary alicyclic amines) is 2. The van der Waals surface area contributed by atoms with E-state index in [1.165, 1.54) is 55.8 Å². The van der Waals surface area contributed by atoms with Gasteiger partial charge in [0, 0.05) is 69.5 Å². The maximum absolute atomic E-state index is 15.0. The van der Waals surface area contributed by atoms with Crippen LogP contribution in [0.4, 0.5) is 10.5 Å². The van der Waals surface area contributed by atoms with Crippen molar-refractivity contribution in [3.05, 3.63) is 77.5 Å². The monoisotopic (exact) mass is 701 g/mol. The number of morpholine rings is 1. The molecule has 3 fully saturated rings. The molecule has 262 valence electrons. The van der Waals surface area contributed by atoms with Crippen molar-refractivity contribution < 1.29 is 32.2 Å². The molecule has 1 spiro atoms. The molecular weight excluding hydrogens is 662 g/mol. The third-order valence-electron chi connectivity index (χ3n) is 9.90. The number of hydrogen-bond donors (Lipinski definition) is 1. The molecule has 0 bridgehead atoms. The number of nitrogens with one attached hydrogen (secondary N) is 1. The summed E-state index contributed by atoms with van der Waals surface area (Å²) in [5.41, 5.74) is -1.67. The zero-order chi connectivity index (χ0) is 35.1. The van der Waals surface area contributed by atoms with Gasteiger partial charge in [-0.15, -0.1) is 0 Å². The normalized spacial score (nSPS) is 21.6. The third kappa shape index (κ3) is 5.71. The number of ether oxygens (including phenoxy) is 3. The molecule has 0 radical (unpaired) electrons. The van der Waals surface area contributed by atoms with Crippen molar-refractivity contribution in [3.8, 4) is 17.7 Å². The number of amides is 3. The van der Waals surface area contributed by atoms with Crippen molar-refractivity contribution in [3.63, 3.8) is 0 Å². The zero-order valence-corrected chi connectivity index (χ0v) is 28.8. The van der Waals surface area contributed by atoms with Gasteiger partial charge >= 0.3 is 6.03 Å². The summed E-state index contributed by atoms with van der Waals surface area (Å²) < 4.78 is 45.8. The minimum absolute atomic E-state index is 0.00593. The fourth-order valence-corrected chi connectivity index (χ4v) is 8.91. The number of urea groups is 1. The number of aromatic nitrogens is 1. The average Bonchev–Trinajstić information content (AvgIpc) is 3.35. The molecule has 3 aromatic rings. The van der Waals surface area contributed by atoms with Gasteiger partial charge in [-0.1, -0.05) is 0 Å². The van der Waals surface area contributed by atoms with E-state index in [4.69, 9.17) is 14.2 Å². The predicted molar refractivity (Wildman–Crippen MR) is 181 cm³/mol. The first-order chi connectivity index (χ1) is 24.1. The number of rotatable bonds is 10. The van der Waals surface area contributed by atoms with Gasteiger partial charge in [0.25, 0.3) is 15.9 Å². The summed E-state index contributed by atoms with van der Waals surface area (Å²) in [5.74, 6) is -0.461. The fraction of sp³-hybridized carbons (Fsp3) is 0.429. The Morgan fingerprint density at radius 3 is 2.42 bits per heavy atom. The lowest BCUT2D eigenvalue weighted by Gasteiger charge is -2.60. The van der Waals surface area contributed by atoms with Crippen molar-refractivity contribution >= 4 is 27.6 Å². The topological polar surface area (TPSA) is 158 Å². The van der Waals surface area contributed by atoms with Crippen molar-refractivity contribution in [1.82, 2.24) is 25.0 Å². The van der Waals surface area contributed by atoms with Crippen LogP contribution in [0, 0.1) is 16.7 Å². The molecule has 4 aliphatic rings. The van der Waals surface area contributed by atoms with E-state index in [0.717, 1.165) is 52.5 Å². The quantitative estimate of drug-likeness (QED) is 0.330. The largest absolute Gasteiger partial charge is 0.497 e. The molecule has 15 heteroatoms. The number of carbonyl (C=O) groups excluding carboxylic acids is 2. The minimum Gasteiger partial charge on any atom is -0.497 e. The van der Waals surface area contributed by atoms with Gasteiger partial charge in [-0.05, 0) is 61.5 Å². The van der Waals surface area contributed by atoms with E-state index in [-0.39, 0.29) is 45.2 Å². The van der Waals surface area contributed by atoms with Crippen molar-refractivity contribution in [1.29, 1.82) is 5.26 Å². The molecule has 5 heterocycles. The number of benzene rings is 2. The molecule has 0 saturated carbocycles. The number of sulfonamides is 1. The second kappa shape index (κ2) is 13.2. The van der Waals surface area contributed by atoms with Gasteiger partial charge in [-0.2, -0.15) is 9.57 Å². The Kier molecular flexibility index (Phi) is 8.89. The lowest BCUT2D eigenvalue weighted by atomic mass is 9.73.